The van der Waals surface area contributed by atoms with Crippen LogP contribution >= 0.6 is 0 Å². The third kappa shape index (κ3) is 6.60. The van der Waals surface area contributed by atoms with Crippen LogP contribution in [0.5, 0.6) is 11.5 Å². The summed E-state index contributed by atoms with van der Waals surface area (Å²) in [5, 5.41) is 5.62. The Kier molecular flexibility index (Phi) is 7.49. The molecular weight excluding hydrogens is 404 g/mol. The highest BCUT2D eigenvalue weighted by Gasteiger charge is 2.16. The Morgan fingerprint density at radius 3 is 1.22 bits per heavy atom. The van der Waals surface area contributed by atoms with Gasteiger partial charge in [-0.25, -0.2) is 0 Å². The Morgan fingerprint density at radius 1 is 0.594 bits per heavy atom. The molecule has 32 heavy (non-hydrogen) atoms. The van der Waals surface area contributed by atoms with Gasteiger partial charge in [0.1, 0.15) is 11.5 Å². The molecule has 6 nitrogen and oxygen atoms in total. The average molecular weight is 433 g/mol. The molecule has 3 aromatic carbocycles. The average Bonchev–Trinajstić information content (AvgIpc) is 2.78. The molecule has 2 amide bonds. The summed E-state index contributed by atoms with van der Waals surface area (Å²) in [4.78, 5) is 24.8. The van der Waals surface area contributed by atoms with Crippen LogP contribution in [0.15, 0.2) is 72.8 Å². The number of rotatable bonds is 8. The molecule has 2 N–H and O–H groups in total. The van der Waals surface area contributed by atoms with Crippen molar-refractivity contribution in [3.05, 3.63) is 83.9 Å². The Morgan fingerprint density at radius 2 is 0.906 bits per heavy atom. The molecule has 2 atom stereocenters. The molecule has 0 spiro atoms. The molecule has 0 radical (unpaired) electrons. The topological polar surface area (TPSA) is 76.7 Å². The first-order valence-corrected chi connectivity index (χ1v) is 10.5. The highest BCUT2D eigenvalue weighted by atomic mass is 16.5. The quantitative estimate of drug-likeness (QED) is 0.518. The highest BCUT2D eigenvalue weighted by Crippen LogP contribution is 2.18. The van der Waals surface area contributed by atoms with Crippen LogP contribution < -0.4 is 20.1 Å². The molecule has 0 aliphatic carbocycles. The summed E-state index contributed by atoms with van der Waals surface area (Å²) in [5.41, 5.74) is 3.46. The number of hydrogen-bond donors (Lipinski definition) is 2. The van der Waals surface area contributed by atoms with E-state index in [2.05, 4.69) is 10.6 Å². The molecule has 0 saturated carbocycles. The molecule has 0 bridgehead atoms. The number of ether oxygens (including phenoxy) is 2. The van der Waals surface area contributed by atoms with Crippen molar-refractivity contribution >= 4 is 23.2 Å². The lowest BCUT2D eigenvalue weighted by Crippen LogP contribution is -2.30. The number of anilines is 2. The normalized spacial score (nSPS) is 12.4. The van der Waals surface area contributed by atoms with E-state index in [0.29, 0.717) is 22.9 Å². The standard InChI is InChI=1S/C26H28N2O4/c1-17-5-13-23(14-6-17)31-19(3)25(29)27-21-9-11-22(12-10-21)28-26(30)20(4)32-24-15-7-18(2)8-16-24/h5-16,19-20H,1-4H3,(H,27,29)(H,28,30). The number of nitrogens with one attached hydrogen (secondary N) is 2. The monoisotopic (exact) mass is 432 g/mol. The lowest BCUT2D eigenvalue weighted by atomic mass is 10.2. The van der Waals surface area contributed by atoms with Gasteiger partial charge in [0.2, 0.25) is 0 Å². The lowest BCUT2D eigenvalue weighted by molar-refractivity contribution is -0.122. The van der Waals surface area contributed by atoms with Gasteiger partial charge in [0, 0.05) is 11.4 Å². The largest absolute Gasteiger partial charge is 0.481 e. The van der Waals surface area contributed by atoms with Gasteiger partial charge in [-0.15, -0.1) is 0 Å². The van der Waals surface area contributed by atoms with Gasteiger partial charge in [0.15, 0.2) is 12.2 Å². The van der Waals surface area contributed by atoms with Crippen molar-refractivity contribution in [3.63, 3.8) is 0 Å². The lowest BCUT2D eigenvalue weighted by Gasteiger charge is -2.16. The van der Waals surface area contributed by atoms with Gasteiger partial charge in [0.05, 0.1) is 0 Å². The summed E-state index contributed by atoms with van der Waals surface area (Å²) in [7, 11) is 0. The Labute approximate surface area is 188 Å². The van der Waals surface area contributed by atoms with Crippen LogP contribution in [0, 0.1) is 13.8 Å². The van der Waals surface area contributed by atoms with E-state index in [-0.39, 0.29) is 11.8 Å². The first-order chi connectivity index (χ1) is 15.3. The van der Waals surface area contributed by atoms with Crippen LogP contribution in [-0.2, 0) is 9.59 Å². The third-order valence-electron chi connectivity index (χ3n) is 4.83. The molecule has 0 heterocycles. The van der Waals surface area contributed by atoms with Gasteiger partial charge in [-0.3, -0.25) is 9.59 Å². The Bertz CT molecular complexity index is 958. The predicted octanol–water partition coefficient (Wildman–Crippen LogP) is 5.12. The molecular formula is C26H28N2O4. The van der Waals surface area contributed by atoms with Crippen molar-refractivity contribution in [2.45, 2.75) is 39.9 Å². The number of carbonyl (C=O) groups excluding carboxylic acids is 2. The number of hydrogen-bond acceptors (Lipinski definition) is 4. The van der Waals surface area contributed by atoms with Crippen molar-refractivity contribution < 1.29 is 19.1 Å². The summed E-state index contributed by atoms with van der Waals surface area (Å²) in [6, 6.07) is 21.9. The fourth-order valence-electron chi connectivity index (χ4n) is 2.87. The second-order valence-corrected chi connectivity index (χ2v) is 7.70. The van der Waals surface area contributed by atoms with E-state index in [4.69, 9.17) is 9.47 Å². The number of aryl methyl sites for hydroxylation is 2. The summed E-state index contributed by atoms with van der Waals surface area (Å²) in [6.45, 7) is 7.37. The zero-order valence-electron chi connectivity index (χ0n) is 18.7. The molecule has 166 valence electrons. The predicted molar refractivity (Wildman–Crippen MR) is 126 cm³/mol. The van der Waals surface area contributed by atoms with Crippen LogP contribution in [-0.4, -0.2) is 24.0 Å². The Balaban J connectivity index is 1.50. The maximum Gasteiger partial charge on any atom is 0.265 e. The van der Waals surface area contributed by atoms with Crippen molar-refractivity contribution in [3.8, 4) is 11.5 Å². The van der Waals surface area contributed by atoms with Crippen molar-refractivity contribution in [2.24, 2.45) is 0 Å². The molecule has 0 aliphatic rings. The van der Waals surface area contributed by atoms with Crippen molar-refractivity contribution in [1.82, 2.24) is 0 Å². The smallest absolute Gasteiger partial charge is 0.265 e. The van der Waals surface area contributed by atoms with E-state index in [1.807, 2.05) is 62.4 Å². The summed E-state index contributed by atoms with van der Waals surface area (Å²) in [5.74, 6) is 0.751. The minimum absolute atomic E-state index is 0.262. The van der Waals surface area contributed by atoms with Crippen LogP contribution in [0.1, 0.15) is 25.0 Å². The molecule has 2 unspecified atom stereocenters. The van der Waals surface area contributed by atoms with Crippen molar-refractivity contribution in [1.29, 1.82) is 0 Å². The van der Waals surface area contributed by atoms with E-state index < -0.39 is 12.2 Å². The summed E-state index contributed by atoms with van der Waals surface area (Å²) >= 11 is 0. The van der Waals surface area contributed by atoms with E-state index in [1.54, 1.807) is 38.1 Å². The third-order valence-corrected chi connectivity index (χ3v) is 4.83. The maximum absolute atomic E-state index is 12.4. The summed E-state index contributed by atoms with van der Waals surface area (Å²) in [6.07, 6.45) is -1.31. The first-order valence-electron chi connectivity index (χ1n) is 10.5. The van der Waals surface area contributed by atoms with Gasteiger partial charge in [0.25, 0.3) is 11.8 Å². The van der Waals surface area contributed by atoms with Gasteiger partial charge in [-0.2, -0.15) is 0 Å². The minimum Gasteiger partial charge on any atom is -0.481 e. The van der Waals surface area contributed by atoms with Gasteiger partial charge in [-0.05, 0) is 76.2 Å². The SMILES string of the molecule is Cc1ccc(OC(C)C(=O)Nc2ccc(NC(=O)C(C)Oc3ccc(C)cc3)cc2)cc1. The second-order valence-electron chi connectivity index (χ2n) is 7.70. The minimum atomic E-state index is -0.656. The Hall–Kier alpha value is -3.80. The zero-order valence-corrected chi connectivity index (χ0v) is 18.7. The number of carbonyl (C=O) groups is 2. The molecule has 0 aromatic heterocycles. The van der Waals surface area contributed by atoms with Crippen LogP contribution in [0.3, 0.4) is 0 Å². The molecule has 6 heteroatoms. The number of amides is 2. The molecule has 3 aromatic rings. The van der Waals surface area contributed by atoms with E-state index >= 15 is 0 Å². The fraction of sp³-hybridized carbons (Fsp3) is 0.231. The van der Waals surface area contributed by atoms with E-state index in [9.17, 15) is 9.59 Å². The molecule has 0 aliphatic heterocycles. The second kappa shape index (κ2) is 10.5. The molecule has 3 rings (SSSR count). The van der Waals surface area contributed by atoms with E-state index in [1.165, 1.54) is 0 Å². The zero-order chi connectivity index (χ0) is 23.1. The van der Waals surface area contributed by atoms with E-state index in [0.717, 1.165) is 11.1 Å². The van der Waals surface area contributed by atoms with Crippen LogP contribution in [0.4, 0.5) is 11.4 Å². The van der Waals surface area contributed by atoms with Crippen LogP contribution in [0.2, 0.25) is 0 Å². The molecule has 0 fully saturated rings. The fourth-order valence-corrected chi connectivity index (χ4v) is 2.87. The van der Waals surface area contributed by atoms with Gasteiger partial charge >= 0.3 is 0 Å². The maximum atomic E-state index is 12.4. The van der Waals surface area contributed by atoms with Gasteiger partial charge in [-0.1, -0.05) is 35.4 Å². The van der Waals surface area contributed by atoms with Crippen LogP contribution in [0.25, 0.3) is 0 Å². The first kappa shape index (κ1) is 22.9. The van der Waals surface area contributed by atoms with Crippen molar-refractivity contribution in [2.75, 3.05) is 10.6 Å². The summed E-state index contributed by atoms with van der Waals surface area (Å²) < 4.78 is 11.4. The van der Waals surface area contributed by atoms with Gasteiger partial charge < -0.3 is 20.1 Å². The molecule has 0 saturated heterocycles. The number of benzene rings is 3. The highest BCUT2D eigenvalue weighted by molar-refractivity contribution is 5.96.